The zero-order valence-corrected chi connectivity index (χ0v) is 13.0. The van der Waals surface area contributed by atoms with E-state index in [0.29, 0.717) is 11.4 Å². The van der Waals surface area contributed by atoms with E-state index in [2.05, 4.69) is 0 Å². The number of imide groups is 1. The number of rotatable bonds is 3. The third-order valence-corrected chi connectivity index (χ3v) is 4.30. The molecular formula is C18H15NO2S. The first-order valence-electron chi connectivity index (χ1n) is 6.99. The minimum atomic E-state index is -0.222. The van der Waals surface area contributed by atoms with Gasteiger partial charge in [0, 0.05) is 0 Å². The van der Waals surface area contributed by atoms with Crippen molar-refractivity contribution in [1.82, 2.24) is 4.90 Å². The van der Waals surface area contributed by atoms with Gasteiger partial charge in [0.05, 0.1) is 11.4 Å². The Morgan fingerprint density at radius 2 is 1.82 bits per heavy atom. The van der Waals surface area contributed by atoms with Gasteiger partial charge in [0.1, 0.15) is 0 Å². The molecule has 1 fully saturated rings. The van der Waals surface area contributed by atoms with Crippen LogP contribution in [0.3, 0.4) is 0 Å². The van der Waals surface area contributed by atoms with Crippen LogP contribution in [0.5, 0.6) is 0 Å². The molecule has 1 saturated heterocycles. The molecule has 0 aromatic heterocycles. The number of hydrogen-bond acceptors (Lipinski definition) is 3. The largest absolute Gasteiger partial charge is 0.293 e. The summed E-state index contributed by atoms with van der Waals surface area (Å²) in [7, 11) is 0. The maximum absolute atomic E-state index is 12.4. The molecule has 22 heavy (non-hydrogen) atoms. The van der Waals surface area contributed by atoms with E-state index in [4.69, 9.17) is 0 Å². The number of amides is 2. The van der Waals surface area contributed by atoms with Crippen molar-refractivity contribution in [3.05, 3.63) is 76.2 Å². The van der Waals surface area contributed by atoms with Crippen molar-refractivity contribution >= 4 is 29.0 Å². The van der Waals surface area contributed by atoms with Gasteiger partial charge in [-0.15, -0.1) is 0 Å². The summed E-state index contributed by atoms with van der Waals surface area (Å²) in [4.78, 5) is 26.3. The highest BCUT2D eigenvalue weighted by Gasteiger charge is 2.34. The predicted molar refractivity (Wildman–Crippen MR) is 89.1 cm³/mol. The zero-order valence-electron chi connectivity index (χ0n) is 12.2. The normalized spacial score (nSPS) is 16.6. The zero-order chi connectivity index (χ0) is 15.5. The van der Waals surface area contributed by atoms with Gasteiger partial charge >= 0.3 is 0 Å². The van der Waals surface area contributed by atoms with Crippen LogP contribution in [0.2, 0.25) is 0 Å². The molecule has 0 bridgehead atoms. The SMILES string of the molecule is Cc1cccc(CN2C(=O)S/C(=C/c3ccccc3)C2=O)c1. The Bertz CT molecular complexity index is 753. The second-order valence-corrected chi connectivity index (χ2v) is 6.16. The summed E-state index contributed by atoms with van der Waals surface area (Å²) in [5.74, 6) is -0.222. The summed E-state index contributed by atoms with van der Waals surface area (Å²) in [5.41, 5.74) is 3.00. The number of hydrogen-bond donors (Lipinski definition) is 0. The highest BCUT2D eigenvalue weighted by atomic mass is 32.2. The third-order valence-electron chi connectivity index (χ3n) is 3.39. The molecule has 0 spiro atoms. The Morgan fingerprint density at radius 3 is 2.55 bits per heavy atom. The molecule has 0 aliphatic carbocycles. The smallest absolute Gasteiger partial charge is 0.268 e. The second-order valence-electron chi connectivity index (χ2n) is 5.17. The van der Waals surface area contributed by atoms with Gasteiger partial charge < -0.3 is 0 Å². The highest BCUT2D eigenvalue weighted by molar-refractivity contribution is 8.18. The van der Waals surface area contributed by atoms with Gasteiger partial charge in [-0.2, -0.15) is 0 Å². The maximum atomic E-state index is 12.4. The fourth-order valence-electron chi connectivity index (χ4n) is 2.33. The Labute approximate surface area is 133 Å². The Morgan fingerprint density at radius 1 is 1.05 bits per heavy atom. The number of nitrogens with zero attached hydrogens (tertiary/aromatic N) is 1. The summed E-state index contributed by atoms with van der Waals surface area (Å²) >= 11 is 0.999. The molecule has 1 aliphatic rings. The van der Waals surface area contributed by atoms with Crippen LogP contribution in [0.15, 0.2) is 59.5 Å². The minimum absolute atomic E-state index is 0.214. The molecule has 1 aliphatic heterocycles. The van der Waals surface area contributed by atoms with Crippen molar-refractivity contribution in [3.63, 3.8) is 0 Å². The Kier molecular flexibility index (Phi) is 4.11. The first-order valence-corrected chi connectivity index (χ1v) is 7.81. The molecule has 3 nitrogen and oxygen atoms in total. The quantitative estimate of drug-likeness (QED) is 0.796. The summed E-state index contributed by atoms with van der Waals surface area (Å²) in [6.07, 6.45) is 1.77. The van der Waals surface area contributed by atoms with Crippen molar-refractivity contribution in [2.45, 2.75) is 13.5 Å². The van der Waals surface area contributed by atoms with Crippen LogP contribution in [-0.4, -0.2) is 16.0 Å². The van der Waals surface area contributed by atoms with Gasteiger partial charge in [0.2, 0.25) is 0 Å². The van der Waals surface area contributed by atoms with E-state index in [1.807, 2.05) is 61.5 Å². The summed E-state index contributed by atoms with van der Waals surface area (Å²) in [6, 6.07) is 17.4. The molecule has 2 amide bonds. The Balaban J connectivity index is 1.81. The van der Waals surface area contributed by atoms with Crippen LogP contribution >= 0.6 is 11.8 Å². The Hall–Kier alpha value is -2.33. The van der Waals surface area contributed by atoms with Crippen molar-refractivity contribution in [3.8, 4) is 0 Å². The lowest BCUT2D eigenvalue weighted by atomic mass is 10.1. The molecule has 0 atom stereocenters. The van der Waals surface area contributed by atoms with Gasteiger partial charge in [-0.25, -0.2) is 0 Å². The van der Waals surface area contributed by atoms with Gasteiger partial charge in [0.15, 0.2) is 0 Å². The third kappa shape index (κ3) is 3.12. The monoisotopic (exact) mass is 309 g/mol. The van der Waals surface area contributed by atoms with Crippen LogP contribution in [-0.2, 0) is 11.3 Å². The summed E-state index contributed by atoms with van der Waals surface area (Å²) in [5, 5.41) is -0.214. The highest BCUT2D eigenvalue weighted by Crippen LogP contribution is 2.33. The van der Waals surface area contributed by atoms with Gasteiger partial charge in [0.25, 0.3) is 11.1 Å². The maximum Gasteiger partial charge on any atom is 0.293 e. The molecule has 3 rings (SSSR count). The molecular weight excluding hydrogens is 294 g/mol. The van der Waals surface area contributed by atoms with E-state index in [-0.39, 0.29) is 11.1 Å². The van der Waals surface area contributed by atoms with Crippen molar-refractivity contribution < 1.29 is 9.59 Å². The van der Waals surface area contributed by atoms with E-state index in [9.17, 15) is 9.59 Å². The standard InChI is InChI=1S/C18H15NO2S/c1-13-6-5-9-15(10-13)12-19-17(20)16(22-18(19)21)11-14-7-3-2-4-8-14/h2-11H,12H2,1H3/b16-11+. The fraction of sp³-hybridized carbons (Fsp3) is 0.111. The lowest BCUT2D eigenvalue weighted by Gasteiger charge is -2.12. The van der Waals surface area contributed by atoms with Crippen molar-refractivity contribution in [2.75, 3.05) is 0 Å². The van der Waals surface area contributed by atoms with E-state index >= 15 is 0 Å². The molecule has 0 saturated carbocycles. The van der Waals surface area contributed by atoms with E-state index in [1.165, 1.54) is 4.90 Å². The van der Waals surface area contributed by atoms with Crippen LogP contribution in [0, 0.1) is 6.92 Å². The minimum Gasteiger partial charge on any atom is -0.268 e. The number of carbonyl (C=O) groups is 2. The molecule has 110 valence electrons. The lowest BCUT2D eigenvalue weighted by molar-refractivity contribution is -0.123. The van der Waals surface area contributed by atoms with Crippen LogP contribution in [0.25, 0.3) is 6.08 Å². The average Bonchev–Trinajstić information content (AvgIpc) is 2.76. The van der Waals surface area contributed by atoms with Crippen LogP contribution in [0.1, 0.15) is 16.7 Å². The average molecular weight is 309 g/mol. The van der Waals surface area contributed by atoms with E-state index in [1.54, 1.807) is 6.08 Å². The number of thioether (sulfide) groups is 1. The van der Waals surface area contributed by atoms with Gasteiger partial charge in [-0.3, -0.25) is 14.5 Å². The first kappa shape index (κ1) is 14.6. The summed E-state index contributed by atoms with van der Waals surface area (Å²) in [6.45, 7) is 2.31. The van der Waals surface area contributed by atoms with Crippen LogP contribution < -0.4 is 0 Å². The number of carbonyl (C=O) groups excluding carboxylic acids is 2. The molecule has 0 N–H and O–H groups in total. The predicted octanol–water partition coefficient (Wildman–Crippen LogP) is 4.23. The number of aryl methyl sites for hydroxylation is 1. The lowest BCUT2D eigenvalue weighted by Crippen LogP contribution is -2.27. The van der Waals surface area contributed by atoms with Crippen molar-refractivity contribution in [2.24, 2.45) is 0 Å². The molecule has 1 heterocycles. The molecule has 0 radical (unpaired) electrons. The molecule has 0 unspecified atom stereocenters. The van der Waals surface area contributed by atoms with E-state index < -0.39 is 0 Å². The summed E-state index contributed by atoms with van der Waals surface area (Å²) < 4.78 is 0. The van der Waals surface area contributed by atoms with Gasteiger partial charge in [-0.1, -0.05) is 60.2 Å². The van der Waals surface area contributed by atoms with E-state index in [0.717, 1.165) is 28.5 Å². The second kappa shape index (κ2) is 6.20. The molecule has 2 aromatic rings. The van der Waals surface area contributed by atoms with Crippen molar-refractivity contribution in [1.29, 1.82) is 0 Å². The van der Waals surface area contributed by atoms with Crippen LogP contribution in [0.4, 0.5) is 4.79 Å². The molecule has 2 aromatic carbocycles. The topological polar surface area (TPSA) is 37.4 Å². The fourth-order valence-corrected chi connectivity index (χ4v) is 3.17. The van der Waals surface area contributed by atoms with Gasteiger partial charge in [-0.05, 0) is 35.9 Å². The number of benzene rings is 2. The first-order chi connectivity index (χ1) is 10.6. The molecule has 4 heteroatoms.